The van der Waals surface area contributed by atoms with Crippen LogP contribution in [0.2, 0.25) is 0 Å². The Bertz CT molecular complexity index is 685. The average Bonchev–Trinajstić information content (AvgIpc) is 3.07. The molecule has 2 aromatic rings. The molecular formula is C17H26N6O2. The van der Waals surface area contributed by atoms with Crippen molar-refractivity contribution in [3.63, 3.8) is 0 Å². The predicted octanol–water partition coefficient (Wildman–Crippen LogP) is 1.41. The van der Waals surface area contributed by atoms with Crippen LogP contribution in [0.4, 0.5) is 4.79 Å². The van der Waals surface area contributed by atoms with Gasteiger partial charge in [0.25, 0.3) is 0 Å². The fourth-order valence-electron chi connectivity index (χ4n) is 2.54. The Morgan fingerprint density at radius 3 is 2.84 bits per heavy atom. The summed E-state index contributed by atoms with van der Waals surface area (Å²) in [7, 11) is 5.60. The topological polar surface area (TPSA) is 84.3 Å². The third kappa shape index (κ3) is 5.18. The molecule has 1 heterocycles. The summed E-state index contributed by atoms with van der Waals surface area (Å²) in [6.45, 7) is 3.59. The van der Waals surface area contributed by atoms with E-state index in [4.69, 9.17) is 4.74 Å². The van der Waals surface area contributed by atoms with E-state index in [0.29, 0.717) is 13.1 Å². The van der Waals surface area contributed by atoms with Crippen LogP contribution in [0.25, 0.3) is 0 Å². The first-order valence-corrected chi connectivity index (χ1v) is 8.24. The Balaban J connectivity index is 1.91. The van der Waals surface area contributed by atoms with Crippen molar-refractivity contribution < 1.29 is 9.53 Å². The zero-order valence-electron chi connectivity index (χ0n) is 15.2. The van der Waals surface area contributed by atoms with Gasteiger partial charge >= 0.3 is 6.03 Å². The molecule has 8 heteroatoms. The zero-order chi connectivity index (χ0) is 18.2. The van der Waals surface area contributed by atoms with Crippen molar-refractivity contribution in [2.24, 2.45) is 0 Å². The lowest BCUT2D eigenvalue weighted by atomic mass is 10.1. The highest BCUT2D eigenvalue weighted by Crippen LogP contribution is 2.21. The molecule has 2 amide bonds. The minimum atomic E-state index is -0.236. The number of aryl methyl sites for hydroxylation is 1. The van der Waals surface area contributed by atoms with Crippen LogP contribution in [0.1, 0.15) is 24.4 Å². The highest BCUT2D eigenvalue weighted by molar-refractivity contribution is 5.73. The summed E-state index contributed by atoms with van der Waals surface area (Å²) in [5.74, 6) is 1.53. The van der Waals surface area contributed by atoms with Gasteiger partial charge in [-0.05, 0) is 38.7 Å². The molecule has 8 nitrogen and oxygen atoms in total. The van der Waals surface area contributed by atoms with E-state index < -0.39 is 0 Å². The van der Waals surface area contributed by atoms with E-state index >= 15 is 0 Å². The van der Waals surface area contributed by atoms with Gasteiger partial charge in [0.1, 0.15) is 12.1 Å². The van der Waals surface area contributed by atoms with Gasteiger partial charge in [-0.2, -0.15) is 0 Å². The SMILES string of the molecule is CCn1cnnc1CNC(=O)NC[C@H](c1cccc(OC)c1)N(C)C. The molecule has 2 N–H and O–H groups in total. The Morgan fingerprint density at radius 2 is 2.16 bits per heavy atom. The number of nitrogens with zero attached hydrogens (tertiary/aromatic N) is 4. The lowest BCUT2D eigenvalue weighted by Crippen LogP contribution is -2.40. The number of ether oxygens (including phenoxy) is 1. The number of aromatic nitrogens is 3. The number of likely N-dealkylation sites (N-methyl/N-ethyl adjacent to an activating group) is 1. The first kappa shape index (κ1) is 18.7. The van der Waals surface area contributed by atoms with Crippen molar-refractivity contribution in [1.29, 1.82) is 0 Å². The van der Waals surface area contributed by atoms with E-state index in [1.165, 1.54) is 0 Å². The Labute approximate surface area is 148 Å². The smallest absolute Gasteiger partial charge is 0.315 e. The van der Waals surface area contributed by atoms with Gasteiger partial charge in [0.15, 0.2) is 5.82 Å². The van der Waals surface area contributed by atoms with Gasteiger partial charge in [-0.15, -0.1) is 10.2 Å². The van der Waals surface area contributed by atoms with Crippen molar-refractivity contribution in [1.82, 2.24) is 30.3 Å². The van der Waals surface area contributed by atoms with Crippen LogP contribution in [0.5, 0.6) is 5.75 Å². The van der Waals surface area contributed by atoms with Crippen LogP contribution in [-0.4, -0.2) is 53.4 Å². The van der Waals surface area contributed by atoms with Gasteiger partial charge < -0.3 is 24.8 Å². The maximum Gasteiger partial charge on any atom is 0.315 e. The molecular weight excluding hydrogens is 320 g/mol. The number of amides is 2. The average molecular weight is 346 g/mol. The van der Waals surface area contributed by atoms with E-state index in [2.05, 4.69) is 25.7 Å². The molecule has 2 rings (SSSR count). The zero-order valence-corrected chi connectivity index (χ0v) is 15.2. The summed E-state index contributed by atoms with van der Waals surface area (Å²) in [6.07, 6.45) is 1.65. The number of carbonyl (C=O) groups is 1. The van der Waals surface area contributed by atoms with Crippen molar-refractivity contribution in [3.8, 4) is 5.75 Å². The lowest BCUT2D eigenvalue weighted by molar-refractivity contribution is 0.232. The van der Waals surface area contributed by atoms with Crippen molar-refractivity contribution in [3.05, 3.63) is 42.0 Å². The molecule has 0 fully saturated rings. The Kier molecular flexibility index (Phi) is 6.76. The molecule has 1 aromatic carbocycles. The normalized spacial score (nSPS) is 12.0. The third-order valence-corrected chi connectivity index (χ3v) is 4.00. The largest absolute Gasteiger partial charge is 0.497 e. The summed E-state index contributed by atoms with van der Waals surface area (Å²) in [6, 6.07) is 7.66. The molecule has 0 bridgehead atoms. The van der Waals surface area contributed by atoms with E-state index in [1.807, 2.05) is 49.9 Å². The van der Waals surface area contributed by atoms with Crippen LogP contribution >= 0.6 is 0 Å². The summed E-state index contributed by atoms with van der Waals surface area (Å²) < 4.78 is 7.17. The molecule has 0 aliphatic rings. The second kappa shape index (κ2) is 9.03. The molecule has 0 radical (unpaired) electrons. The molecule has 0 saturated heterocycles. The van der Waals surface area contributed by atoms with Crippen LogP contribution in [0, 0.1) is 0 Å². The van der Waals surface area contributed by atoms with Gasteiger partial charge in [0.2, 0.25) is 0 Å². The minimum absolute atomic E-state index is 0.0418. The quantitative estimate of drug-likeness (QED) is 0.755. The van der Waals surface area contributed by atoms with Gasteiger partial charge in [0, 0.05) is 13.1 Å². The fourth-order valence-corrected chi connectivity index (χ4v) is 2.54. The van der Waals surface area contributed by atoms with Gasteiger partial charge in [-0.3, -0.25) is 0 Å². The van der Waals surface area contributed by atoms with Gasteiger partial charge in [0.05, 0.1) is 19.7 Å². The number of hydrogen-bond acceptors (Lipinski definition) is 5. The summed E-state index contributed by atoms with van der Waals surface area (Å²) >= 11 is 0. The van der Waals surface area contributed by atoms with Gasteiger partial charge in [-0.1, -0.05) is 12.1 Å². The van der Waals surface area contributed by atoms with Crippen LogP contribution in [0.15, 0.2) is 30.6 Å². The number of rotatable bonds is 8. The highest BCUT2D eigenvalue weighted by atomic mass is 16.5. The number of benzene rings is 1. The molecule has 1 atom stereocenters. The first-order chi connectivity index (χ1) is 12.0. The second-order valence-corrected chi connectivity index (χ2v) is 5.85. The van der Waals surface area contributed by atoms with Crippen molar-refractivity contribution in [2.45, 2.75) is 26.1 Å². The molecule has 25 heavy (non-hydrogen) atoms. The monoisotopic (exact) mass is 346 g/mol. The lowest BCUT2D eigenvalue weighted by Gasteiger charge is -2.25. The number of methoxy groups -OCH3 is 1. The highest BCUT2D eigenvalue weighted by Gasteiger charge is 2.16. The third-order valence-electron chi connectivity index (χ3n) is 4.00. The molecule has 136 valence electrons. The van der Waals surface area contributed by atoms with Crippen LogP contribution < -0.4 is 15.4 Å². The second-order valence-electron chi connectivity index (χ2n) is 5.85. The van der Waals surface area contributed by atoms with Crippen LogP contribution in [0.3, 0.4) is 0 Å². The number of carbonyl (C=O) groups excluding carboxylic acids is 1. The Morgan fingerprint density at radius 1 is 1.36 bits per heavy atom. The molecule has 1 aromatic heterocycles. The molecule has 0 saturated carbocycles. The summed E-state index contributed by atoms with van der Waals surface area (Å²) in [5.41, 5.74) is 1.08. The molecule has 0 aliphatic carbocycles. The number of hydrogen-bond donors (Lipinski definition) is 2. The molecule has 0 aliphatic heterocycles. The first-order valence-electron chi connectivity index (χ1n) is 8.24. The summed E-state index contributed by atoms with van der Waals surface area (Å²) in [4.78, 5) is 14.2. The molecule has 0 spiro atoms. The van der Waals surface area contributed by atoms with E-state index in [-0.39, 0.29) is 12.1 Å². The number of nitrogens with one attached hydrogen (secondary N) is 2. The van der Waals surface area contributed by atoms with E-state index in [9.17, 15) is 4.79 Å². The fraction of sp³-hybridized carbons (Fsp3) is 0.471. The van der Waals surface area contributed by atoms with Gasteiger partial charge in [-0.25, -0.2) is 4.79 Å². The van der Waals surface area contributed by atoms with Crippen molar-refractivity contribution in [2.75, 3.05) is 27.7 Å². The van der Waals surface area contributed by atoms with Crippen molar-refractivity contribution >= 4 is 6.03 Å². The maximum atomic E-state index is 12.1. The van der Waals surface area contributed by atoms with E-state index in [1.54, 1.807) is 13.4 Å². The minimum Gasteiger partial charge on any atom is -0.497 e. The van der Waals surface area contributed by atoms with Crippen LogP contribution in [-0.2, 0) is 13.1 Å². The van der Waals surface area contributed by atoms with E-state index in [0.717, 1.165) is 23.7 Å². The summed E-state index contributed by atoms with van der Waals surface area (Å²) in [5, 5.41) is 13.6. The maximum absolute atomic E-state index is 12.1. The molecule has 0 unspecified atom stereocenters. The number of urea groups is 1. The predicted molar refractivity (Wildman–Crippen MR) is 95.4 cm³/mol. The standard InChI is InChI=1S/C17H26N6O2/c1-5-23-12-20-21-16(23)11-19-17(24)18-10-15(22(2)3)13-7-6-8-14(9-13)25-4/h6-9,12,15H,5,10-11H2,1-4H3,(H2,18,19,24)/t15-/m1/s1. The Hall–Kier alpha value is -2.61.